The number of nitrogens with zero attached hydrogens (tertiary/aromatic N) is 5. The molecule has 6 rings (SSSR count). The number of Topliss-reactive ketones (excluding diaryl/α,β-unsaturated/α-hetero) is 1. The molecule has 378 valence electrons. The van der Waals surface area contributed by atoms with E-state index in [4.69, 9.17) is 18.9 Å². The zero-order chi connectivity index (χ0) is 52.0. The summed E-state index contributed by atoms with van der Waals surface area (Å²) in [5.41, 5.74) is 2.21. The minimum Gasteiger partial charge on any atom is -0.493 e. The first-order chi connectivity index (χ1) is 33.4. The predicted octanol–water partition coefficient (Wildman–Crippen LogP) is 7.14. The molecule has 1 aromatic heterocycles. The Labute approximate surface area is 407 Å². The Morgan fingerprint density at radius 2 is 1.62 bits per heavy atom. The van der Waals surface area contributed by atoms with Crippen LogP contribution in [-0.4, -0.2) is 120 Å². The number of aryl methyl sites for hydroxylation is 2. The van der Waals surface area contributed by atoms with Crippen molar-refractivity contribution < 1.29 is 73.7 Å². The third kappa shape index (κ3) is 13.1. The Hall–Kier alpha value is -7.31. The lowest BCUT2D eigenvalue weighted by Gasteiger charge is -2.32. The van der Waals surface area contributed by atoms with E-state index in [0.717, 1.165) is 57.8 Å². The molecule has 2 atom stereocenters. The van der Waals surface area contributed by atoms with E-state index in [2.05, 4.69) is 26.5 Å². The topological polar surface area (TPSA) is 249 Å². The number of ketones is 1. The van der Waals surface area contributed by atoms with E-state index in [1.54, 1.807) is 49.4 Å². The predicted molar refractivity (Wildman–Crippen MR) is 256 cm³/mol. The highest BCUT2D eigenvalue weighted by atomic mass is 32.2. The molecule has 2 N–H and O–H groups in total. The zero-order valence-electron chi connectivity index (χ0n) is 39.8. The molecule has 2 unspecified atom stereocenters. The van der Waals surface area contributed by atoms with Crippen molar-refractivity contribution in [2.45, 2.75) is 64.5 Å². The van der Waals surface area contributed by atoms with Gasteiger partial charge in [0.25, 0.3) is 21.5 Å². The lowest BCUT2D eigenvalue weighted by molar-refractivity contribution is -0.870. The molecule has 1 amide bonds. The summed E-state index contributed by atoms with van der Waals surface area (Å²) in [6, 6.07) is 15.5. The number of amides is 1. The number of rotatable bonds is 23. The first-order valence-electron chi connectivity index (χ1n) is 22.4. The SMILES string of the molecule is COc1cc(C(C)OC(=O)Oc2ccc([N+](=O)[O-])cc2)c([N+](=O)[O-])cc1OCCCC(=O)C(CS(=O)(=O)O)NC(=O)CCc1cc(C)c2n1[B-](F)(F)[N+]1=C(c3ccccc3)C=C(CCC[N+](C)(C)C)C1=C2. The molecule has 0 aliphatic carbocycles. The van der Waals surface area contributed by atoms with Crippen molar-refractivity contribution in [2.75, 3.05) is 47.2 Å². The Morgan fingerprint density at radius 1 is 0.930 bits per heavy atom. The highest BCUT2D eigenvalue weighted by Crippen LogP contribution is 2.41. The minimum atomic E-state index is -4.82. The van der Waals surface area contributed by atoms with Gasteiger partial charge in [-0.1, -0.05) is 18.2 Å². The van der Waals surface area contributed by atoms with Crippen molar-refractivity contribution in [3.8, 4) is 17.2 Å². The van der Waals surface area contributed by atoms with Crippen LogP contribution >= 0.6 is 0 Å². The number of nitro groups is 2. The van der Waals surface area contributed by atoms with E-state index in [0.29, 0.717) is 33.4 Å². The van der Waals surface area contributed by atoms with E-state index >= 15 is 8.63 Å². The summed E-state index contributed by atoms with van der Waals surface area (Å²) in [4.78, 5) is 60.9. The van der Waals surface area contributed by atoms with Crippen LogP contribution in [0, 0.1) is 27.2 Å². The second-order valence-electron chi connectivity index (χ2n) is 18.1. The third-order valence-corrected chi connectivity index (χ3v) is 12.5. The van der Waals surface area contributed by atoms with Gasteiger partial charge in [0, 0.05) is 60.4 Å². The first-order valence-corrected chi connectivity index (χ1v) is 24.0. The normalized spacial score (nSPS) is 14.8. The Kier molecular flexibility index (Phi) is 16.3. The van der Waals surface area contributed by atoms with Gasteiger partial charge in [-0.15, -0.1) is 0 Å². The van der Waals surface area contributed by atoms with Crippen molar-refractivity contribution in [3.05, 3.63) is 138 Å². The van der Waals surface area contributed by atoms with Gasteiger partial charge in [0.15, 0.2) is 28.7 Å². The van der Waals surface area contributed by atoms with Gasteiger partial charge in [0.1, 0.15) is 23.6 Å². The van der Waals surface area contributed by atoms with E-state index in [-0.39, 0.29) is 59.3 Å². The fourth-order valence-corrected chi connectivity index (χ4v) is 9.10. The molecular weight excluding hydrogens is 953 g/mol. The Bertz CT molecular complexity index is 2940. The molecule has 0 bridgehead atoms. The number of allylic oxidation sites excluding steroid dienone is 2. The number of halogens is 2. The molecule has 0 saturated heterocycles. The van der Waals surface area contributed by atoms with Crippen molar-refractivity contribution in [1.82, 2.24) is 9.79 Å². The summed E-state index contributed by atoms with van der Waals surface area (Å²) in [6.07, 6.45) is 1.21. The van der Waals surface area contributed by atoms with E-state index in [9.17, 15) is 47.6 Å². The maximum Gasteiger partial charge on any atom is 0.737 e. The van der Waals surface area contributed by atoms with Crippen molar-refractivity contribution >= 4 is 58.1 Å². The molecule has 0 spiro atoms. The quantitative estimate of drug-likeness (QED) is 0.0110. The Balaban J connectivity index is 1.10. The van der Waals surface area contributed by atoms with Gasteiger partial charge in [0.2, 0.25) is 5.91 Å². The minimum absolute atomic E-state index is 0.0369. The zero-order valence-corrected chi connectivity index (χ0v) is 40.7. The lowest BCUT2D eigenvalue weighted by atomic mass is 9.88. The number of non-ortho nitro benzene ring substituents is 1. The second kappa shape index (κ2) is 21.8. The van der Waals surface area contributed by atoms with E-state index in [1.165, 1.54) is 20.1 Å². The standard InChI is InChI=1S/C47H53BF2N6O14S/c1-30-24-35(52-39(30)27-41-33(14-10-22-56(3,4)5)25-40(53(41)48(52,49)50)32-12-8-7-9-13-32)18-21-46(58)51-38(29-71(64,65)66)43(57)15-11-23-68-45-28-42(55(62)63)37(26-44(45)67-6)31(2)69-47(59)70-36-19-16-34(17-20-36)54(60)61/h7-9,12-13,16-17,19-20,24-28,31,38H,10-11,14-15,18,21-23,29H2,1-6H3,(H-,51,58,64,65,66)/p+1. The molecule has 0 radical (unpaired) electrons. The van der Waals surface area contributed by atoms with Crippen LogP contribution in [0.4, 0.5) is 24.8 Å². The highest BCUT2D eigenvalue weighted by Gasteiger charge is 2.54. The lowest BCUT2D eigenvalue weighted by Crippen LogP contribution is -2.51. The van der Waals surface area contributed by atoms with Crippen LogP contribution in [-0.2, 0) is 30.9 Å². The third-order valence-electron chi connectivity index (χ3n) is 11.8. The van der Waals surface area contributed by atoms with E-state index in [1.807, 2.05) is 6.08 Å². The summed E-state index contributed by atoms with van der Waals surface area (Å²) >= 11 is 0. The number of quaternary nitrogens is 1. The highest BCUT2D eigenvalue weighted by molar-refractivity contribution is 7.85. The van der Waals surface area contributed by atoms with Gasteiger partial charge in [-0.05, 0) is 80.8 Å². The van der Waals surface area contributed by atoms with Gasteiger partial charge in [-0.2, -0.15) is 8.42 Å². The molecule has 71 heavy (non-hydrogen) atoms. The summed E-state index contributed by atoms with van der Waals surface area (Å²) in [6.45, 7) is -0.919. The van der Waals surface area contributed by atoms with Crippen molar-refractivity contribution in [1.29, 1.82) is 0 Å². The van der Waals surface area contributed by atoms with Gasteiger partial charge in [-0.3, -0.25) is 34.4 Å². The van der Waals surface area contributed by atoms with Crippen LogP contribution in [0.1, 0.15) is 73.2 Å². The van der Waals surface area contributed by atoms with Gasteiger partial charge in [-0.25, -0.2) is 4.79 Å². The summed E-state index contributed by atoms with van der Waals surface area (Å²) in [5, 5.41) is 25.4. The number of aromatic nitrogens is 1. The summed E-state index contributed by atoms with van der Waals surface area (Å²) in [7, 11) is 2.62. The summed E-state index contributed by atoms with van der Waals surface area (Å²) < 4.78 is 92.0. The molecule has 2 aliphatic rings. The molecule has 3 aromatic carbocycles. The molecular formula is C47H54BF2N6O14S+. The van der Waals surface area contributed by atoms with Crippen LogP contribution in [0.2, 0.25) is 0 Å². The Morgan fingerprint density at radius 3 is 2.24 bits per heavy atom. The fourth-order valence-electron chi connectivity index (χ4n) is 8.41. The number of fused-ring (bicyclic) bond motifs is 2. The van der Waals surface area contributed by atoms with Crippen molar-refractivity contribution in [3.63, 3.8) is 0 Å². The molecule has 24 heteroatoms. The van der Waals surface area contributed by atoms with Crippen LogP contribution in [0.25, 0.3) is 6.08 Å². The number of carbonyl (C=O) groups is 3. The number of hydrogen-bond acceptors (Lipinski definition) is 13. The number of hydrogen-bond donors (Lipinski definition) is 2. The van der Waals surface area contributed by atoms with Crippen LogP contribution in [0.5, 0.6) is 17.2 Å². The van der Waals surface area contributed by atoms with Crippen LogP contribution in [0.15, 0.2) is 90.1 Å². The first kappa shape index (κ1) is 53.1. The maximum atomic E-state index is 17.1. The number of carbonyl (C=O) groups excluding carboxylic acids is 3. The van der Waals surface area contributed by atoms with Gasteiger partial charge >= 0.3 is 13.1 Å². The molecule has 2 aliphatic heterocycles. The largest absolute Gasteiger partial charge is 0.737 e. The van der Waals surface area contributed by atoms with E-state index < -0.39 is 81.2 Å². The fraction of sp³-hybridized carbons (Fsp3) is 0.362. The van der Waals surface area contributed by atoms with Crippen LogP contribution < -0.4 is 19.5 Å². The smallest absolute Gasteiger partial charge is 0.493 e. The number of nitrogens with one attached hydrogen (secondary N) is 1. The van der Waals surface area contributed by atoms with Gasteiger partial charge < -0.3 is 46.3 Å². The second-order valence-corrected chi connectivity index (χ2v) is 19.6. The summed E-state index contributed by atoms with van der Waals surface area (Å²) in [5.74, 6) is -3.10. The average molecular weight is 1010 g/mol. The average Bonchev–Trinajstić information content (AvgIpc) is 3.83. The number of methoxy groups -OCH3 is 1. The molecule has 20 nitrogen and oxygen atoms in total. The maximum absolute atomic E-state index is 17.1. The number of benzene rings is 3. The molecule has 3 heterocycles. The van der Waals surface area contributed by atoms with Gasteiger partial charge in [0.05, 0.1) is 62.9 Å². The molecule has 0 fully saturated rings. The molecule has 4 aromatic rings. The number of ether oxygens (including phenoxy) is 4. The molecule has 0 saturated carbocycles. The number of nitro benzene ring substituents is 2. The van der Waals surface area contributed by atoms with Crippen LogP contribution in [0.3, 0.4) is 0 Å². The monoisotopic (exact) mass is 1010 g/mol. The van der Waals surface area contributed by atoms with Crippen molar-refractivity contribution in [2.24, 2.45) is 0 Å².